The molecule has 1 aliphatic heterocycles. The summed E-state index contributed by atoms with van der Waals surface area (Å²) in [4.78, 5) is 4.32. The Morgan fingerprint density at radius 2 is 2.06 bits per heavy atom. The molecule has 0 aliphatic carbocycles. The van der Waals surface area contributed by atoms with Gasteiger partial charge in [0.05, 0.1) is 18.2 Å². The van der Waals surface area contributed by atoms with Gasteiger partial charge in [0, 0.05) is 15.3 Å². The molecular formula is C14H16IN3. The first-order chi connectivity index (χ1) is 8.84. The van der Waals surface area contributed by atoms with E-state index in [1.165, 1.54) is 34.2 Å². The van der Waals surface area contributed by atoms with Crippen molar-refractivity contribution in [2.24, 2.45) is 0 Å². The van der Waals surface area contributed by atoms with Crippen LogP contribution in [-0.2, 0) is 0 Å². The van der Waals surface area contributed by atoms with Crippen LogP contribution in [0.2, 0.25) is 0 Å². The van der Waals surface area contributed by atoms with Crippen LogP contribution in [0.4, 0.5) is 0 Å². The highest BCUT2D eigenvalue weighted by Gasteiger charge is 2.18. The maximum atomic E-state index is 4.32. The second-order valence-corrected chi connectivity index (χ2v) is 5.91. The Morgan fingerprint density at radius 1 is 1.22 bits per heavy atom. The maximum Gasteiger partial charge on any atom is 0.0994 e. The van der Waals surface area contributed by atoms with E-state index in [1.807, 2.05) is 12.5 Å². The van der Waals surface area contributed by atoms with E-state index in [0.717, 1.165) is 6.54 Å². The summed E-state index contributed by atoms with van der Waals surface area (Å²) in [7, 11) is 0. The molecule has 18 heavy (non-hydrogen) atoms. The van der Waals surface area contributed by atoms with Crippen molar-refractivity contribution < 1.29 is 0 Å². The number of nitrogens with zero attached hydrogens (tertiary/aromatic N) is 2. The second kappa shape index (κ2) is 5.40. The van der Waals surface area contributed by atoms with Crippen LogP contribution in [0.5, 0.6) is 0 Å². The van der Waals surface area contributed by atoms with E-state index in [9.17, 15) is 0 Å². The monoisotopic (exact) mass is 353 g/mol. The van der Waals surface area contributed by atoms with E-state index in [-0.39, 0.29) is 0 Å². The molecule has 3 rings (SSSR count). The molecule has 3 nitrogen and oxygen atoms in total. The summed E-state index contributed by atoms with van der Waals surface area (Å²) in [6.45, 7) is 1.11. The smallest absolute Gasteiger partial charge is 0.0994 e. The van der Waals surface area contributed by atoms with Crippen LogP contribution in [0, 0.1) is 3.57 Å². The number of rotatable bonds is 2. The fourth-order valence-electron chi connectivity index (χ4n) is 2.48. The normalized spacial score (nSPS) is 19.9. The Morgan fingerprint density at radius 3 is 2.78 bits per heavy atom. The molecule has 94 valence electrons. The Balaban J connectivity index is 1.93. The minimum absolute atomic E-state index is 0.445. The summed E-state index contributed by atoms with van der Waals surface area (Å²) in [5.74, 6) is 0. The summed E-state index contributed by atoms with van der Waals surface area (Å²) in [5, 5.41) is 3.58. The lowest BCUT2D eigenvalue weighted by atomic mass is 10.0. The van der Waals surface area contributed by atoms with Crippen LogP contribution < -0.4 is 5.32 Å². The van der Waals surface area contributed by atoms with Crippen LogP contribution in [0.3, 0.4) is 0 Å². The topological polar surface area (TPSA) is 29.9 Å². The average molecular weight is 353 g/mol. The Kier molecular flexibility index (Phi) is 3.65. The fourth-order valence-corrected chi connectivity index (χ4v) is 2.84. The maximum absolute atomic E-state index is 4.32. The number of imidazole rings is 1. The van der Waals surface area contributed by atoms with Crippen LogP contribution >= 0.6 is 22.6 Å². The summed E-state index contributed by atoms with van der Waals surface area (Å²) < 4.78 is 3.45. The van der Waals surface area contributed by atoms with E-state index in [0.29, 0.717) is 6.04 Å². The van der Waals surface area contributed by atoms with Crippen LogP contribution in [0.15, 0.2) is 36.8 Å². The van der Waals surface area contributed by atoms with Crippen molar-refractivity contribution in [1.82, 2.24) is 14.9 Å². The van der Waals surface area contributed by atoms with Gasteiger partial charge < -0.3 is 9.88 Å². The standard InChI is InChI=1S/C14H16IN3/c15-11-4-6-12(7-5-11)18-10-16-9-14(18)13-3-1-2-8-17-13/h4-7,9-10,13,17H,1-3,8H2. The zero-order valence-corrected chi connectivity index (χ0v) is 12.3. The zero-order chi connectivity index (χ0) is 12.4. The molecule has 2 aromatic rings. The number of hydrogen-bond acceptors (Lipinski definition) is 2. The van der Waals surface area contributed by atoms with Crippen molar-refractivity contribution in [3.63, 3.8) is 0 Å². The van der Waals surface area contributed by atoms with Crippen molar-refractivity contribution in [2.75, 3.05) is 6.54 Å². The molecule has 0 saturated carbocycles. The van der Waals surface area contributed by atoms with Crippen molar-refractivity contribution in [2.45, 2.75) is 25.3 Å². The van der Waals surface area contributed by atoms with E-state index >= 15 is 0 Å². The molecule has 1 aromatic carbocycles. The zero-order valence-electron chi connectivity index (χ0n) is 10.1. The van der Waals surface area contributed by atoms with Gasteiger partial charge in [-0.1, -0.05) is 6.42 Å². The summed E-state index contributed by atoms with van der Waals surface area (Å²) in [6.07, 6.45) is 7.69. The fraction of sp³-hybridized carbons (Fsp3) is 0.357. The predicted octanol–water partition coefficient (Wildman–Crippen LogP) is 3.29. The molecule has 1 aliphatic rings. The summed E-state index contributed by atoms with van der Waals surface area (Å²) >= 11 is 2.33. The molecule has 0 radical (unpaired) electrons. The van der Waals surface area contributed by atoms with Crippen molar-refractivity contribution >= 4 is 22.6 Å². The molecule has 1 saturated heterocycles. The quantitative estimate of drug-likeness (QED) is 0.840. The number of halogens is 1. The van der Waals surface area contributed by atoms with E-state index in [4.69, 9.17) is 0 Å². The minimum Gasteiger partial charge on any atom is -0.309 e. The number of nitrogens with one attached hydrogen (secondary N) is 1. The molecule has 1 aromatic heterocycles. The van der Waals surface area contributed by atoms with Gasteiger partial charge >= 0.3 is 0 Å². The molecule has 0 amide bonds. The van der Waals surface area contributed by atoms with Crippen molar-refractivity contribution in [1.29, 1.82) is 0 Å². The van der Waals surface area contributed by atoms with Crippen LogP contribution in [0.1, 0.15) is 31.0 Å². The molecule has 0 spiro atoms. The van der Waals surface area contributed by atoms with Gasteiger partial charge in [-0.2, -0.15) is 0 Å². The Labute approximate surface area is 121 Å². The number of benzene rings is 1. The lowest BCUT2D eigenvalue weighted by molar-refractivity contribution is 0.402. The predicted molar refractivity (Wildman–Crippen MR) is 80.9 cm³/mol. The molecular weight excluding hydrogens is 337 g/mol. The van der Waals surface area contributed by atoms with Crippen molar-refractivity contribution in [3.05, 3.63) is 46.1 Å². The molecule has 1 atom stereocenters. The van der Waals surface area contributed by atoms with E-state index in [1.54, 1.807) is 0 Å². The third kappa shape index (κ3) is 2.44. The molecule has 0 bridgehead atoms. The first-order valence-electron chi connectivity index (χ1n) is 6.36. The third-order valence-electron chi connectivity index (χ3n) is 3.44. The number of piperidine rings is 1. The lowest BCUT2D eigenvalue weighted by Crippen LogP contribution is -2.28. The SMILES string of the molecule is Ic1ccc(-n2cncc2C2CCCCN2)cc1. The van der Waals surface area contributed by atoms with Crippen LogP contribution in [-0.4, -0.2) is 16.1 Å². The van der Waals surface area contributed by atoms with Gasteiger partial charge in [-0.05, 0) is 66.2 Å². The molecule has 1 unspecified atom stereocenters. The first kappa shape index (κ1) is 12.2. The van der Waals surface area contributed by atoms with Gasteiger partial charge in [0.25, 0.3) is 0 Å². The Bertz CT molecular complexity index is 512. The van der Waals surface area contributed by atoms with E-state index < -0.39 is 0 Å². The lowest BCUT2D eigenvalue weighted by Gasteiger charge is -2.24. The summed E-state index contributed by atoms with van der Waals surface area (Å²) in [5.41, 5.74) is 2.46. The van der Waals surface area contributed by atoms with Gasteiger partial charge in [-0.25, -0.2) is 4.98 Å². The van der Waals surface area contributed by atoms with Crippen LogP contribution in [0.25, 0.3) is 5.69 Å². The van der Waals surface area contributed by atoms with Crippen molar-refractivity contribution in [3.8, 4) is 5.69 Å². The number of hydrogen-bond donors (Lipinski definition) is 1. The van der Waals surface area contributed by atoms with E-state index in [2.05, 4.69) is 61.7 Å². The van der Waals surface area contributed by atoms with Gasteiger partial charge in [-0.3, -0.25) is 0 Å². The Hall–Kier alpha value is -0.880. The largest absolute Gasteiger partial charge is 0.309 e. The molecule has 2 heterocycles. The minimum atomic E-state index is 0.445. The van der Waals surface area contributed by atoms with Gasteiger partial charge in [0.15, 0.2) is 0 Å². The average Bonchev–Trinajstić information content (AvgIpc) is 2.90. The highest BCUT2D eigenvalue weighted by atomic mass is 127. The highest BCUT2D eigenvalue weighted by Crippen LogP contribution is 2.25. The third-order valence-corrected chi connectivity index (χ3v) is 4.16. The van der Waals surface area contributed by atoms with Gasteiger partial charge in [0.1, 0.15) is 0 Å². The molecule has 1 fully saturated rings. The molecule has 4 heteroatoms. The number of aromatic nitrogens is 2. The second-order valence-electron chi connectivity index (χ2n) is 4.67. The highest BCUT2D eigenvalue weighted by molar-refractivity contribution is 14.1. The summed E-state index contributed by atoms with van der Waals surface area (Å²) in [6, 6.07) is 9.01. The first-order valence-corrected chi connectivity index (χ1v) is 7.44. The molecule has 1 N–H and O–H groups in total. The van der Waals surface area contributed by atoms with Gasteiger partial charge in [0.2, 0.25) is 0 Å². The van der Waals surface area contributed by atoms with Gasteiger partial charge in [-0.15, -0.1) is 0 Å².